The van der Waals surface area contributed by atoms with Crippen molar-refractivity contribution in [1.29, 1.82) is 0 Å². The van der Waals surface area contributed by atoms with Gasteiger partial charge in [0, 0.05) is 37.7 Å². The van der Waals surface area contributed by atoms with Crippen molar-refractivity contribution in [2.24, 2.45) is 5.92 Å². The highest BCUT2D eigenvalue weighted by Gasteiger charge is 2.30. The van der Waals surface area contributed by atoms with E-state index in [-0.39, 0.29) is 17.7 Å². The number of likely N-dealkylation sites (N-methyl/N-ethyl adjacent to an activating group) is 1. The Morgan fingerprint density at radius 2 is 1.96 bits per heavy atom. The molecule has 1 aromatic rings. The number of carbonyl (C=O) groups is 2. The smallest absolute Gasteiger partial charge is 0.251 e. The summed E-state index contributed by atoms with van der Waals surface area (Å²) in [7, 11) is 3.98. The van der Waals surface area contributed by atoms with E-state index in [1.165, 1.54) is 0 Å². The molecule has 0 bridgehead atoms. The average Bonchev–Trinajstić information content (AvgIpc) is 2.53. The summed E-state index contributed by atoms with van der Waals surface area (Å²) in [5.41, 5.74) is 0.600. The number of amides is 2. The molecule has 1 saturated heterocycles. The third-order valence-corrected chi connectivity index (χ3v) is 4.13. The largest absolute Gasteiger partial charge is 0.492 e. The number of ether oxygens (including phenoxy) is 1. The zero-order valence-corrected chi connectivity index (χ0v) is 14.9. The standard InChI is InChI=1S/C17H24ClN3O3/c1-20(2)7-8-24-15-5-3-14(4-6-15)17(23)19-10-13-11-21(12-13)16(22)9-18/h3-6,13H,7-12H2,1-2H3,(H,19,23). The quantitative estimate of drug-likeness (QED) is 0.710. The molecular weight excluding hydrogens is 330 g/mol. The van der Waals surface area contributed by atoms with E-state index in [2.05, 4.69) is 5.32 Å². The Balaban J connectivity index is 1.70. The van der Waals surface area contributed by atoms with E-state index >= 15 is 0 Å². The van der Waals surface area contributed by atoms with E-state index < -0.39 is 0 Å². The first-order valence-corrected chi connectivity index (χ1v) is 8.52. The van der Waals surface area contributed by atoms with Gasteiger partial charge in [0.25, 0.3) is 5.91 Å². The molecule has 1 N–H and O–H groups in total. The number of halogens is 1. The molecule has 0 atom stereocenters. The predicted molar refractivity (Wildman–Crippen MR) is 93.6 cm³/mol. The molecule has 132 valence electrons. The van der Waals surface area contributed by atoms with Gasteiger partial charge in [0.05, 0.1) is 0 Å². The van der Waals surface area contributed by atoms with E-state index in [1.54, 1.807) is 29.2 Å². The van der Waals surface area contributed by atoms with Crippen LogP contribution < -0.4 is 10.1 Å². The average molecular weight is 354 g/mol. The van der Waals surface area contributed by atoms with E-state index in [1.807, 2.05) is 19.0 Å². The monoisotopic (exact) mass is 353 g/mol. The third kappa shape index (κ3) is 5.39. The molecule has 24 heavy (non-hydrogen) atoms. The van der Waals surface area contributed by atoms with Crippen LogP contribution in [0.2, 0.25) is 0 Å². The lowest BCUT2D eigenvalue weighted by atomic mass is 10.00. The maximum atomic E-state index is 12.1. The Morgan fingerprint density at radius 1 is 1.29 bits per heavy atom. The summed E-state index contributed by atoms with van der Waals surface area (Å²) >= 11 is 5.50. The third-order valence-electron chi connectivity index (χ3n) is 3.90. The lowest BCUT2D eigenvalue weighted by Crippen LogP contribution is -2.54. The van der Waals surface area contributed by atoms with E-state index in [0.717, 1.165) is 12.3 Å². The van der Waals surface area contributed by atoms with E-state index in [0.29, 0.717) is 37.7 Å². The zero-order valence-electron chi connectivity index (χ0n) is 14.1. The molecule has 0 unspecified atom stereocenters. The molecule has 2 rings (SSSR count). The molecule has 7 heteroatoms. The second kappa shape index (κ2) is 8.89. The number of rotatable bonds is 8. The van der Waals surface area contributed by atoms with Crippen LogP contribution in [-0.4, -0.2) is 74.4 Å². The van der Waals surface area contributed by atoms with Gasteiger partial charge >= 0.3 is 0 Å². The van der Waals surface area contributed by atoms with Crippen LogP contribution in [0.25, 0.3) is 0 Å². The van der Waals surface area contributed by atoms with Crippen LogP contribution in [0.15, 0.2) is 24.3 Å². The minimum atomic E-state index is -0.114. The van der Waals surface area contributed by atoms with Gasteiger partial charge in [-0.1, -0.05) is 0 Å². The zero-order chi connectivity index (χ0) is 17.5. The fourth-order valence-corrected chi connectivity index (χ4v) is 2.54. The molecule has 2 amide bonds. The minimum absolute atomic E-state index is 0.0159. The molecule has 0 aromatic heterocycles. The fraction of sp³-hybridized carbons (Fsp3) is 0.529. The van der Waals surface area contributed by atoms with Crippen molar-refractivity contribution in [3.05, 3.63) is 29.8 Å². The van der Waals surface area contributed by atoms with Crippen LogP contribution in [0.4, 0.5) is 0 Å². The normalized spacial score (nSPS) is 14.4. The Morgan fingerprint density at radius 3 is 2.54 bits per heavy atom. The molecule has 1 aliphatic heterocycles. The summed E-state index contributed by atoms with van der Waals surface area (Å²) in [6.45, 7) is 3.32. The van der Waals surface area contributed by atoms with E-state index in [4.69, 9.17) is 16.3 Å². The first kappa shape index (κ1) is 18.5. The molecule has 1 fully saturated rings. The summed E-state index contributed by atoms with van der Waals surface area (Å²) in [5, 5.41) is 2.90. The van der Waals surface area contributed by atoms with Crippen LogP contribution in [0, 0.1) is 5.92 Å². The highest BCUT2D eigenvalue weighted by atomic mass is 35.5. The van der Waals surface area contributed by atoms with Crippen LogP contribution >= 0.6 is 11.6 Å². The number of hydrogen-bond acceptors (Lipinski definition) is 4. The van der Waals surface area contributed by atoms with Gasteiger partial charge in [0.15, 0.2) is 0 Å². The van der Waals surface area contributed by atoms with Crippen LogP contribution in [0.3, 0.4) is 0 Å². The summed E-state index contributed by atoms with van der Waals surface area (Å²) in [4.78, 5) is 27.2. The lowest BCUT2D eigenvalue weighted by molar-refractivity contribution is -0.134. The molecule has 6 nitrogen and oxygen atoms in total. The molecule has 1 aromatic carbocycles. The Bertz CT molecular complexity index is 557. The number of nitrogens with one attached hydrogen (secondary N) is 1. The first-order valence-electron chi connectivity index (χ1n) is 7.99. The van der Waals surface area contributed by atoms with Gasteiger partial charge in [-0.25, -0.2) is 0 Å². The molecule has 0 aliphatic carbocycles. The van der Waals surface area contributed by atoms with Crippen molar-refractivity contribution in [2.45, 2.75) is 0 Å². The van der Waals surface area contributed by atoms with Gasteiger partial charge in [-0.3, -0.25) is 9.59 Å². The minimum Gasteiger partial charge on any atom is -0.492 e. The number of alkyl halides is 1. The summed E-state index contributed by atoms with van der Waals surface area (Å²) < 4.78 is 5.60. The van der Waals surface area contributed by atoms with Crippen LogP contribution in [-0.2, 0) is 4.79 Å². The Hall–Kier alpha value is -1.79. The molecule has 0 spiro atoms. The molecular formula is C17H24ClN3O3. The van der Waals surface area contributed by atoms with Gasteiger partial charge in [-0.2, -0.15) is 0 Å². The lowest BCUT2D eigenvalue weighted by Gasteiger charge is -2.39. The van der Waals surface area contributed by atoms with Gasteiger partial charge in [0.1, 0.15) is 18.2 Å². The number of likely N-dealkylation sites (tertiary alicyclic amines) is 1. The SMILES string of the molecule is CN(C)CCOc1ccc(C(=O)NCC2CN(C(=O)CCl)C2)cc1. The van der Waals surface area contributed by atoms with Gasteiger partial charge in [0.2, 0.25) is 5.91 Å². The molecule has 1 aliphatic rings. The maximum absolute atomic E-state index is 12.1. The highest BCUT2D eigenvalue weighted by molar-refractivity contribution is 6.27. The first-order chi connectivity index (χ1) is 11.5. The van der Waals surface area contributed by atoms with Gasteiger partial charge in [-0.05, 0) is 38.4 Å². The van der Waals surface area contributed by atoms with E-state index in [9.17, 15) is 9.59 Å². The fourth-order valence-electron chi connectivity index (χ4n) is 2.37. The predicted octanol–water partition coefficient (Wildman–Crippen LogP) is 1.05. The maximum Gasteiger partial charge on any atom is 0.251 e. The summed E-state index contributed by atoms with van der Waals surface area (Å²) in [6, 6.07) is 7.11. The van der Waals surface area contributed by atoms with Crippen LogP contribution in [0.1, 0.15) is 10.4 Å². The number of nitrogens with zero attached hydrogens (tertiary/aromatic N) is 2. The summed E-state index contributed by atoms with van der Waals surface area (Å²) in [5.74, 6) is 0.903. The Kier molecular flexibility index (Phi) is 6.87. The van der Waals surface area contributed by atoms with Gasteiger partial charge in [-0.15, -0.1) is 11.6 Å². The Labute approximate surface area is 147 Å². The van der Waals surface area contributed by atoms with Crippen LogP contribution in [0.5, 0.6) is 5.75 Å². The molecule has 0 radical (unpaired) electrons. The summed E-state index contributed by atoms with van der Waals surface area (Å²) in [6.07, 6.45) is 0. The second-order valence-corrected chi connectivity index (χ2v) is 6.45. The highest BCUT2D eigenvalue weighted by Crippen LogP contribution is 2.16. The topological polar surface area (TPSA) is 61.9 Å². The number of hydrogen-bond donors (Lipinski definition) is 1. The van der Waals surface area contributed by atoms with Crippen molar-refractivity contribution in [2.75, 3.05) is 52.8 Å². The molecule has 0 saturated carbocycles. The number of benzene rings is 1. The second-order valence-electron chi connectivity index (χ2n) is 6.18. The van der Waals surface area contributed by atoms with Crippen molar-refractivity contribution in [3.63, 3.8) is 0 Å². The van der Waals surface area contributed by atoms with Crippen molar-refractivity contribution in [3.8, 4) is 5.75 Å². The number of carbonyl (C=O) groups excluding carboxylic acids is 2. The van der Waals surface area contributed by atoms with Crippen molar-refractivity contribution < 1.29 is 14.3 Å². The van der Waals surface area contributed by atoms with Gasteiger partial charge < -0.3 is 19.9 Å². The van der Waals surface area contributed by atoms with Crippen molar-refractivity contribution >= 4 is 23.4 Å². The molecule has 1 heterocycles. The van der Waals surface area contributed by atoms with Crippen molar-refractivity contribution in [1.82, 2.24) is 15.1 Å².